The van der Waals surface area contributed by atoms with E-state index in [2.05, 4.69) is 70.5 Å². The number of fused-ring (bicyclic) bond motifs is 1. The molecule has 0 radical (unpaired) electrons. The van der Waals surface area contributed by atoms with Crippen molar-refractivity contribution in [3.63, 3.8) is 0 Å². The standard InChI is InChI=1S/C30H33N3O2S/c1-2-6-23(7-3-1)15-16-32-17-19-33(20-18-32)25-11-14-27-28(22-25)36-30(31-27)24-9-12-26(13-10-24)35-29-8-4-5-21-34-29/h1-3,6-7,9-14,22,29H,4-5,8,15-21H2. The molecule has 0 amide bonds. The number of ether oxygens (including phenoxy) is 2. The fourth-order valence-electron chi connectivity index (χ4n) is 5.03. The summed E-state index contributed by atoms with van der Waals surface area (Å²) in [6.45, 7) is 6.28. The van der Waals surface area contributed by atoms with Gasteiger partial charge in [0.25, 0.3) is 0 Å². The van der Waals surface area contributed by atoms with Crippen LogP contribution in [0.5, 0.6) is 5.75 Å². The third-order valence-corrected chi connectivity index (χ3v) is 8.24. The molecule has 0 aliphatic carbocycles. The van der Waals surface area contributed by atoms with Gasteiger partial charge in [-0.25, -0.2) is 4.98 Å². The molecule has 2 aliphatic heterocycles. The van der Waals surface area contributed by atoms with Crippen LogP contribution in [0.4, 0.5) is 5.69 Å². The fraction of sp³-hybridized carbons (Fsp3) is 0.367. The highest BCUT2D eigenvalue weighted by Crippen LogP contribution is 2.34. The van der Waals surface area contributed by atoms with Crippen LogP contribution < -0.4 is 9.64 Å². The molecule has 3 aromatic carbocycles. The van der Waals surface area contributed by atoms with Gasteiger partial charge in [-0.2, -0.15) is 0 Å². The molecule has 4 aromatic rings. The van der Waals surface area contributed by atoms with Gasteiger partial charge in [0.2, 0.25) is 0 Å². The summed E-state index contributed by atoms with van der Waals surface area (Å²) in [6, 6.07) is 25.8. The smallest absolute Gasteiger partial charge is 0.199 e. The number of nitrogens with zero attached hydrogens (tertiary/aromatic N) is 3. The largest absolute Gasteiger partial charge is 0.465 e. The second kappa shape index (κ2) is 11.0. The lowest BCUT2D eigenvalue weighted by molar-refractivity contribution is -0.105. The van der Waals surface area contributed by atoms with Crippen LogP contribution in [0.2, 0.25) is 0 Å². The number of benzene rings is 3. The van der Waals surface area contributed by atoms with E-state index in [9.17, 15) is 0 Å². The normalized spacial score (nSPS) is 19.0. The zero-order chi connectivity index (χ0) is 24.2. The number of hydrogen-bond donors (Lipinski definition) is 0. The molecule has 1 aromatic heterocycles. The molecule has 186 valence electrons. The molecular formula is C30H33N3O2S. The molecule has 1 atom stereocenters. The first kappa shape index (κ1) is 23.5. The summed E-state index contributed by atoms with van der Waals surface area (Å²) in [6.07, 6.45) is 4.27. The van der Waals surface area contributed by atoms with Crippen LogP contribution >= 0.6 is 11.3 Å². The summed E-state index contributed by atoms with van der Waals surface area (Å²) in [7, 11) is 0. The van der Waals surface area contributed by atoms with Gasteiger partial charge in [0.1, 0.15) is 10.8 Å². The third kappa shape index (κ3) is 5.56. The molecule has 5 nitrogen and oxygen atoms in total. The summed E-state index contributed by atoms with van der Waals surface area (Å²) in [5.74, 6) is 0.858. The maximum atomic E-state index is 5.99. The van der Waals surface area contributed by atoms with E-state index in [1.54, 1.807) is 11.3 Å². The van der Waals surface area contributed by atoms with Gasteiger partial charge >= 0.3 is 0 Å². The molecule has 1 unspecified atom stereocenters. The summed E-state index contributed by atoms with van der Waals surface area (Å²) < 4.78 is 12.9. The zero-order valence-corrected chi connectivity index (χ0v) is 21.5. The quantitative estimate of drug-likeness (QED) is 0.301. The van der Waals surface area contributed by atoms with Gasteiger partial charge in [-0.1, -0.05) is 30.3 Å². The first-order valence-corrected chi connectivity index (χ1v) is 13.9. The van der Waals surface area contributed by atoms with Gasteiger partial charge in [-0.05, 0) is 67.3 Å². The summed E-state index contributed by atoms with van der Waals surface area (Å²) in [4.78, 5) is 10.0. The Morgan fingerprint density at radius 2 is 1.75 bits per heavy atom. The minimum atomic E-state index is -0.115. The van der Waals surface area contributed by atoms with Gasteiger partial charge < -0.3 is 14.4 Å². The minimum Gasteiger partial charge on any atom is -0.465 e. The third-order valence-electron chi connectivity index (χ3n) is 7.18. The average molecular weight is 500 g/mol. The topological polar surface area (TPSA) is 37.8 Å². The summed E-state index contributed by atoms with van der Waals surface area (Å²) in [5.41, 5.74) is 4.92. The Balaban J connectivity index is 1.07. The van der Waals surface area contributed by atoms with Crippen molar-refractivity contribution in [2.24, 2.45) is 0 Å². The van der Waals surface area contributed by atoms with Gasteiger partial charge in [0.05, 0.1) is 16.8 Å². The first-order valence-electron chi connectivity index (χ1n) is 13.1. The molecule has 0 saturated carbocycles. The van der Waals surface area contributed by atoms with Crippen molar-refractivity contribution in [1.82, 2.24) is 9.88 Å². The highest BCUT2D eigenvalue weighted by molar-refractivity contribution is 7.21. The molecule has 6 heteroatoms. The van der Waals surface area contributed by atoms with E-state index < -0.39 is 0 Å². The highest BCUT2D eigenvalue weighted by atomic mass is 32.1. The van der Waals surface area contributed by atoms with Crippen LogP contribution in [0.15, 0.2) is 72.8 Å². The number of aromatic nitrogens is 1. The average Bonchev–Trinajstić information content (AvgIpc) is 3.37. The lowest BCUT2D eigenvalue weighted by Crippen LogP contribution is -2.46. The summed E-state index contributed by atoms with van der Waals surface area (Å²) in [5, 5.41) is 1.05. The molecule has 6 rings (SSSR count). The van der Waals surface area contributed by atoms with Crippen LogP contribution in [-0.2, 0) is 11.2 Å². The maximum Gasteiger partial charge on any atom is 0.199 e. The Labute approximate surface area is 217 Å². The van der Waals surface area contributed by atoms with Gasteiger partial charge in [-0.15, -0.1) is 11.3 Å². The molecule has 0 bridgehead atoms. The molecule has 2 aliphatic rings. The predicted molar refractivity (Wildman–Crippen MR) is 148 cm³/mol. The molecule has 0 spiro atoms. The van der Waals surface area contributed by atoms with Crippen molar-refractivity contribution < 1.29 is 9.47 Å². The number of piperazine rings is 1. The van der Waals surface area contributed by atoms with Crippen molar-refractivity contribution in [2.45, 2.75) is 32.0 Å². The van der Waals surface area contributed by atoms with Crippen molar-refractivity contribution >= 4 is 27.2 Å². The lowest BCUT2D eigenvalue weighted by Gasteiger charge is -2.36. The number of anilines is 1. The highest BCUT2D eigenvalue weighted by Gasteiger charge is 2.18. The van der Waals surface area contributed by atoms with Gasteiger partial charge in [0, 0.05) is 50.4 Å². The Morgan fingerprint density at radius 1 is 0.917 bits per heavy atom. The van der Waals surface area contributed by atoms with Gasteiger partial charge in [-0.3, -0.25) is 4.90 Å². The molecular weight excluding hydrogens is 466 g/mol. The Bertz CT molecular complexity index is 1260. The SMILES string of the molecule is c1ccc(CCN2CCN(c3ccc4nc(-c5ccc(OC6CCCCO6)cc5)sc4c3)CC2)cc1. The predicted octanol–water partition coefficient (Wildman–Crippen LogP) is 6.23. The molecule has 2 saturated heterocycles. The van der Waals surface area contributed by atoms with Crippen LogP contribution in [-0.4, -0.2) is 55.5 Å². The number of hydrogen-bond acceptors (Lipinski definition) is 6. The van der Waals surface area contributed by atoms with Crippen LogP contribution in [0.1, 0.15) is 24.8 Å². The van der Waals surface area contributed by atoms with Crippen LogP contribution in [0.3, 0.4) is 0 Å². The second-order valence-corrected chi connectivity index (χ2v) is 10.7. The molecule has 0 N–H and O–H groups in total. The second-order valence-electron chi connectivity index (χ2n) is 9.67. The van der Waals surface area contributed by atoms with Crippen molar-refractivity contribution in [3.8, 4) is 16.3 Å². The van der Waals surface area contributed by atoms with Gasteiger partial charge in [0.15, 0.2) is 6.29 Å². The van der Waals surface area contributed by atoms with E-state index in [0.29, 0.717) is 0 Å². The number of thiazole rings is 1. The van der Waals surface area contributed by atoms with Crippen LogP contribution in [0, 0.1) is 0 Å². The molecule has 2 fully saturated rings. The molecule has 36 heavy (non-hydrogen) atoms. The molecule has 3 heterocycles. The zero-order valence-electron chi connectivity index (χ0n) is 20.6. The van der Waals surface area contributed by atoms with Crippen molar-refractivity contribution in [1.29, 1.82) is 0 Å². The summed E-state index contributed by atoms with van der Waals surface area (Å²) >= 11 is 1.76. The first-order chi connectivity index (χ1) is 17.8. The number of rotatable bonds is 7. The van der Waals surface area contributed by atoms with Crippen LogP contribution in [0.25, 0.3) is 20.8 Å². The van der Waals surface area contributed by atoms with E-state index in [4.69, 9.17) is 14.5 Å². The van der Waals surface area contributed by atoms with E-state index in [1.165, 1.54) is 22.4 Å². The van der Waals surface area contributed by atoms with E-state index in [1.807, 2.05) is 12.1 Å². The lowest BCUT2D eigenvalue weighted by atomic mass is 10.1. The maximum absolute atomic E-state index is 5.99. The van der Waals surface area contributed by atoms with E-state index in [-0.39, 0.29) is 6.29 Å². The Kier molecular flexibility index (Phi) is 7.17. The Morgan fingerprint density at radius 3 is 2.53 bits per heavy atom. The van der Waals surface area contributed by atoms with E-state index in [0.717, 1.165) is 80.4 Å². The fourth-order valence-corrected chi connectivity index (χ4v) is 6.03. The monoisotopic (exact) mass is 499 g/mol. The van der Waals surface area contributed by atoms with E-state index >= 15 is 0 Å². The Hall–Kier alpha value is -2.93. The minimum absolute atomic E-state index is 0.115. The van der Waals surface area contributed by atoms with Crippen molar-refractivity contribution in [2.75, 3.05) is 44.2 Å². The van der Waals surface area contributed by atoms with Crippen molar-refractivity contribution in [3.05, 3.63) is 78.4 Å².